The molecule has 2 unspecified atom stereocenters. The SMILES string of the molecule is CNC(=O)c1cccc(NC2CCCC(OC)C2)c1. The minimum atomic E-state index is -0.0536. The van der Waals surface area contributed by atoms with Gasteiger partial charge in [-0.25, -0.2) is 0 Å². The van der Waals surface area contributed by atoms with Crippen LogP contribution in [-0.2, 0) is 4.74 Å². The second-order valence-electron chi connectivity index (χ2n) is 5.03. The van der Waals surface area contributed by atoms with Gasteiger partial charge in [0.15, 0.2) is 0 Å². The van der Waals surface area contributed by atoms with Gasteiger partial charge in [-0.3, -0.25) is 4.79 Å². The summed E-state index contributed by atoms with van der Waals surface area (Å²) in [5.41, 5.74) is 1.69. The molecule has 4 heteroatoms. The van der Waals surface area contributed by atoms with Crippen molar-refractivity contribution in [3.63, 3.8) is 0 Å². The third-order valence-electron chi connectivity index (χ3n) is 3.68. The van der Waals surface area contributed by atoms with Gasteiger partial charge in [0.05, 0.1) is 6.10 Å². The quantitative estimate of drug-likeness (QED) is 0.876. The van der Waals surface area contributed by atoms with Gasteiger partial charge in [-0.1, -0.05) is 6.07 Å². The Hall–Kier alpha value is -1.55. The Bertz CT molecular complexity index is 434. The van der Waals surface area contributed by atoms with E-state index < -0.39 is 0 Å². The Balaban J connectivity index is 2.00. The Morgan fingerprint density at radius 3 is 2.95 bits per heavy atom. The van der Waals surface area contributed by atoms with Crippen molar-refractivity contribution in [3.05, 3.63) is 29.8 Å². The van der Waals surface area contributed by atoms with Crippen LogP contribution in [0.1, 0.15) is 36.0 Å². The molecule has 0 bridgehead atoms. The van der Waals surface area contributed by atoms with E-state index in [0.717, 1.165) is 24.9 Å². The zero-order chi connectivity index (χ0) is 13.7. The molecule has 0 heterocycles. The Morgan fingerprint density at radius 2 is 2.21 bits per heavy atom. The molecule has 2 N–H and O–H groups in total. The first-order valence-electron chi connectivity index (χ1n) is 6.84. The maximum absolute atomic E-state index is 11.6. The average molecular weight is 262 g/mol. The normalized spacial score (nSPS) is 22.8. The van der Waals surface area contributed by atoms with Crippen molar-refractivity contribution in [3.8, 4) is 0 Å². The van der Waals surface area contributed by atoms with E-state index in [9.17, 15) is 4.79 Å². The van der Waals surface area contributed by atoms with Gasteiger partial charge in [0.1, 0.15) is 0 Å². The molecule has 0 radical (unpaired) electrons. The van der Waals surface area contributed by atoms with Crippen LogP contribution in [0.4, 0.5) is 5.69 Å². The monoisotopic (exact) mass is 262 g/mol. The lowest BCUT2D eigenvalue weighted by molar-refractivity contribution is 0.0669. The summed E-state index contributed by atoms with van der Waals surface area (Å²) in [5.74, 6) is -0.0536. The van der Waals surface area contributed by atoms with Crippen molar-refractivity contribution in [2.24, 2.45) is 0 Å². The molecule has 4 nitrogen and oxygen atoms in total. The van der Waals surface area contributed by atoms with Crippen LogP contribution in [0.15, 0.2) is 24.3 Å². The fraction of sp³-hybridized carbons (Fsp3) is 0.533. The number of methoxy groups -OCH3 is 1. The Kier molecular flexibility index (Phi) is 4.80. The second kappa shape index (κ2) is 6.57. The summed E-state index contributed by atoms with van der Waals surface area (Å²) >= 11 is 0. The highest BCUT2D eigenvalue weighted by atomic mass is 16.5. The van der Waals surface area contributed by atoms with Crippen molar-refractivity contribution in [2.45, 2.75) is 37.8 Å². The van der Waals surface area contributed by atoms with E-state index in [-0.39, 0.29) is 5.91 Å². The molecule has 1 aromatic rings. The van der Waals surface area contributed by atoms with E-state index in [1.165, 1.54) is 6.42 Å². The van der Waals surface area contributed by atoms with Crippen molar-refractivity contribution in [1.29, 1.82) is 0 Å². The molecule has 19 heavy (non-hydrogen) atoms. The van der Waals surface area contributed by atoms with Gasteiger partial charge in [-0.15, -0.1) is 0 Å². The van der Waals surface area contributed by atoms with Gasteiger partial charge in [-0.05, 0) is 43.9 Å². The van der Waals surface area contributed by atoms with Crippen molar-refractivity contribution in [2.75, 3.05) is 19.5 Å². The fourth-order valence-corrected chi connectivity index (χ4v) is 2.62. The van der Waals surface area contributed by atoms with Crippen LogP contribution in [-0.4, -0.2) is 32.2 Å². The van der Waals surface area contributed by atoms with Crippen LogP contribution in [0.3, 0.4) is 0 Å². The molecule has 0 saturated heterocycles. The summed E-state index contributed by atoms with van der Waals surface area (Å²) in [6, 6.07) is 8.06. The predicted octanol–water partition coefficient (Wildman–Crippen LogP) is 2.42. The number of benzene rings is 1. The summed E-state index contributed by atoms with van der Waals surface area (Å²) in [6.07, 6.45) is 4.87. The average Bonchev–Trinajstić information content (AvgIpc) is 2.47. The lowest BCUT2D eigenvalue weighted by atomic mass is 9.92. The molecule has 1 aliphatic carbocycles. The smallest absolute Gasteiger partial charge is 0.251 e. The zero-order valence-electron chi connectivity index (χ0n) is 11.6. The van der Waals surface area contributed by atoms with Crippen LogP contribution < -0.4 is 10.6 Å². The molecule has 104 valence electrons. The van der Waals surface area contributed by atoms with E-state index in [4.69, 9.17) is 4.74 Å². The number of carbonyl (C=O) groups excluding carboxylic acids is 1. The molecule has 2 atom stereocenters. The van der Waals surface area contributed by atoms with E-state index in [1.54, 1.807) is 14.2 Å². The largest absolute Gasteiger partial charge is 0.382 e. The standard InChI is InChI=1S/C15H22N2O2/c1-16-15(18)11-5-3-6-12(9-11)17-13-7-4-8-14(10-13)19-2/h3,5-6,9,13-14,17H,4,7-8,10H2,1-2H3,(H,16,18). The second-order valence-corrected chi connectivity index (χ2v) is 5.03. The number of nitrogens with one attached hydrogen (secondary N) is 2. The first kappa shape index (κ1) is 13.9. The molecular weight excluding hydrogens is 240 g/mol. The molecule has 0 aliphatic heterocycles. The number of anilines is 1. The van der Waals surface area contributed by atoms with Gasteiger partial charge in [0.2, 0.25) is 0 Å². The summed E-state index contributed by atoms with van der Waals surface area (Å²) in [7, 11) is 3.42. The number of rotatable bonds is 4. The first-order valence-corrected chi connectivity index (χ1v) is 6.84. The summed E-state index contributed by atoms with van der Waals surface area (Å²) in [6.45, 7) is 0. The zero-order valence-corrected chi connectivity index (χ0v) is 11.6. The number of amides is 1. The summed E-state index contributed by atoms with van der Waals surface area (Å²) in [4.78, 5) is 11.6. The predicted molar refractivity (Wildman–Crippen MR) is 76.5 cm³/mol. The lowest BCUT2D eigenvalue weighted by Gasteiger charge is -2.29. The highest BCUT2D eigenvalue weighted by Gasteiger charge is 2.21. The van der Waals surface area contributed by atoms with Crippen molar-refractivity contribution < 1.29 is 9.53 Å². The highest BCUT2D eigenvalue weighted by molar-refractivity contribution is 5.94. The lowest BCUT2D eigenvalue weighted by Crippen LogP contribution is -2.31. The molecule has 1 aliphatic rings. The van der Waals surface area contributed by atoms with Crippen LogP contribution in [0.25, 0.3) is 0 Å². The Morgan fingerprint density at radius 1 is 1.37 bits per heavy atom. The van der Waals surface area contributed by atoms with Gasteiger partial charge in [0.25, 0.3) is 5.91 Å². The molecule has 0 aromatic heterocycles. The number of hydrogen-bond donors (Lipinski definition) is 2. The minimum Gasteiger partial charge on any atom is -0.382 e. The van der Waals surface area contributed by atoms with E-state index >= 15 is 0 Å². The number of ether oxygens (including phenoxy) is 1. The molecule has 0 spiro atoms. The Labute approximate surface area is 114 Å². The highest BCUT2D eigenvalue weighted by Crippen LogP contribution is 2.24. The third-order valence-corrected chi connectivity index (χ3v) is 3.68. The summed E-state index contributed by atoms with van der Waals surface area (Å²) < 4.78 is 5.43. The van der Waals surface area contributed by atoms with Gasteiger partial charge < -0.3 is 15.4 Å². The van der Waals surface area contributed by atoms with Gasteiger partial charge in [0, 0.05) is 31.5 Å². The van der Waals surface area contributed by atoms with Gasteiger partial charge in [-0.2, -0.15) is 0 Å². The number of hydrogen-bond acceptors (Lipinski definition) is 3. The maximum Gasteiger partial charge on any atom is 0.251 e. The third kappa shape index (κ3) is 3.70. The molecule has 1 amide bonds. The van der Waals surface area contributed by atoms with Crippen LogP contribution >= 0.6 is 0 Å². The fourth-order valence-electron chi connectivity index (χ4n) is 2.62. The first-order chi connectivity index (χ1) is 9.22. The summed E-state index contributed by atoms with van der Waals surface area (Å²) in [5, 5.41) is 6.15. The van der Waals surface area contributed by atoms with E-state index in [0.29, 0.717) is 17.7 Å². The molecular formula is C15H22N2O2. The van der Waals surface area contributed by atoms with E-state index in [2.05, 4.69) is 10.6 Å². The van der Waals surface area contributed by atoms with Crippen LogP contribution in [0.5, 0.6) is 0 Å². The van der Waals surface area contributed by atoms with E-state index in [1.807, 2.05) is 24.3 Å². The molecule has 1 fully saturated rings. The molecule has 1 saturated carbocycles. The number of carbonyl (C=O) groups is 1. The topological polar surface area (TPSA) is 50.4 Å². The minimum absolute atomic E-state index is 0.0536. The van der Waals surface area contributed by atoms with Crippen molar-refractivity contribution in [1.82, 2.24) is 5.32 Å². The van der Waals surface area contributed by atoms with Crippen molar-refractivity contribution >= 4 is 11.6 Å². The van der Waals surface area contributed by atoms with Crippen LogP contribution in [0, 0.1) is 0 Å². The molecule has 2 rings (SSSR count). The van der Waals surface area contributed by atoms with Crippen LogP contribution in [0.2, 0.25) is 0 Å². The van der Waals surface area contributed by atoms with Gasteiger partial charge >= 0.3 is 0 Å². The maximum atomic E-state index is 11.6. The molecule has 1 aromatic carbocycles.